The van der Waals surface area contributed by atoms with E-state index in [2.05, 4.69) is 5.32 Å². The lowest BCUT2D eigenvalue weighted by molar-refractivity contribution is -0.147. The maximum atomic E-state index is 12.6. The van der Waals surface area contributed by atoms with Crippen LogP contribution in [0.4, 0.5) is 5.69 Å². The Kier molecular flexibility index (Phi) is 3.81. The van der Waals surface area contributed by atoms with Gasteiger partial charge in [-0.15, -0.1) is 0 Å². The van der Waals surface area contributed by atoms with E-state index >= 15 is 0 Å². The van der Waals surface area contributed by atoms with Crippen molar-refractivity contribution < 1.29 is 24.2 Å². The monoisotopic (exact) mass is 304 g/mol. The van der Waals surface area contributed by atoms with Gasteiger partial charge < -0.3 is 20.1 Å². The molecule has 0 radical (unpaired) electrons. The molecule has 1 aromatic rings. The van der Waals surface area contributed by atoms with Crippen LogP contribution in [0.3, 0.4) is 0 Å². The molecule has 1 fully saturated rings. The van der Waals surface area contributed by atoms with Crippen LogP contribution in [-0.2, 0) is 20.7 Å². The summed E-state index contributed by atoms with van der Waals surface area (Å²) in [5.41, 5.74) is 2.04. The Morgan fingerprint density at radius 1 is 1.32 bits per heavy atom. The van der Waals surface area contributed by atoms with Gasteiger partial charge in [-0.1, -0.05) is 0 Å². The van der Waals surface area contributed by atoms with Gasteiger partial charge in [-0.05, 0) is 30.2 Å². The number of anilines is 1. The fourth-order valence-electron chi connectivity index (χ4n) is 2.73. The summed E-state index contributed by atoms with van der Waals surface area (Å²) in [6, 6.07) is 4.07. The van der Waals surface area contributed by atoms with Gasteiger partial charge >= 0.3 is 5.97 Å². The van der Waals surface area contributed by atoms with Crippen LogP contribution in [0.1, 0.15) is 22.3 Å². The SMILES string of the molecule is O=C1CCc2cc(C(=O)N3CCOCC3C(=O)O)ccc2N1. The van der Waals surface area contributed by atoms with Crippen molar-refractivity contribution >= 4 is 23.5 Å². The molecule has 1 saturated heterocycles. The molecule has 0 spiro atoms. The zero-order valence-electron chi connectivity index (χ0n) is 11.9. The van der Waals surface area contributed by atoms with Gasteiger partial charge in [-0.25, -0.2) is 4.79 Å². The van der Waals surface area contributed by atoms with E-state index in [0.29, 0.717) is 30.7 Å². The zero-order chi connectivity index (χ0) is 15.7. The van der Waals surface area contributed by atoms with Crippen LogP contribution in [-0.4, -0.2) is 53.6 Å². The lowest BCUT2D eigenvalue weighted by atomic mass is 9.99. The molecule has 1 aromatic carbocycles. The van der Waals surface area contributed by atoms with Gasteiger partial charge in [0.2, 0.25) is 5.91 Å². The second kappa shape index (κ2) is 5.76. The molecule has 0 aliphatic carbocycles. The maximum Gasteiger partial charge on any atom is 0.328 e. The summed E-state index contributed by atoms with van der Waals surface area (Å²) in [5, 5.41) is 12.0. The van der Waals surface area contributed by atoms with Crippen molar-refractivity contribution in [3.8, 4) is 0 Å². The summed E-state index contributed by atoms with van der Waals surface area (Å²) in [6.07, 6.45) is 0.966. The first kappa shape index (κ1) is 14.5. The van der Waals surface area contributed by atoms with E-state index in [9.17, 15) is 19.5 Å². The van der Waals surface area contributed by atoms with Gasteiger partial charge in [-0.3, -0.25) is 9.59 Å². The first-order chi connectivity index (χ1) is 10.6. The van der Waals surface area contributed by atoms with Crippen LogP contribution in [0.15, 0.2) is 18.2 Å². The number of benzene rings is 1. The van der Waals surface area contributed by atoms with Gasteiger partial charge in [0.25, 0.3) is 5.91 Å². The molecular formula is C15H16N2O5. The van der Waals surface area contributed by atoms with Crippen LogP contribution < -0.4 is 5.32 Å². The number of rotatable bonds is 2. The lowest BCUT2D eigenvalue weighted by Gasteiger charge is -2.33. The highest BCUT2D eigenvalue weighted by molar-refractivity contribution is 5.99. The smallest absolute Gasteiger partial charge is 0.328 e. The molecule has 0 saturated carbocycles. The summed E-state index contributed by atoms with van der Waals surface area (Å²) < 4.78 is 5.14. The molecule has 22 heavy (non-hydrogen) atoms. The fourth-order valence-corrected chi connectivity index (χ4v) is 2.73. The molecule has 0 bridgehead atoms. The standard InChI is InChI=1S/C15H16N2O5/c18-13-4-2-9-7-10(1-3-11(9)16-13)14(19)17-5-6-22-8-12(17)15(20)21/h1,3,7,12H,2,4-6,8H2,(H,16,18)(H,20,21). The Morgan fingerprint density at radius 2 is 2.14 bits per heavy atom. The van der Waals surface area contributed by atoms with E-state index in [4.69, 9.17) is 4.74 Å². The molecule has 2 N–H and O–H groups in total. The molecule has 3 rings (SSSR count). The topological polar surface area (TPSA) is 95.9 Å². The van der Waals surface area contributed by atoms with Crippen molar-refractivity contribution in [1.82, 2.24) is 4.90 Å². The van der Waals surface area contributed by atoms with E-state index < -0.39 is 12.0 Å². The van der Waals surface area contributed by atoms with E-state index in [1.807, 2.05) is 0 Å². The Balaban J connectivity index is 1.85. The maximum absolute atomic E-state index is 12.6. The largest absolute Gasteiger partial charge is 0.480 e. The highest BCUT2D eigenvalue weighted by Gasteiger charge is 2.33. The number of aliphatic carboxylic acids is 1. The molecule has 7 heteroatoms. The van der Waals surface area contributed by atoms with Crippen LogP contribution in [0.25, 0.3) is 0 Å². The van der Waals surface area contributed by atoms with E-state index in [1.54, 1.807) is 18.2 Å². The predicted molar refractivity (Wildman–Crippen MR) is 76.7 cm³/mol. The lowest BCUT2D eigenvalue weighted by Crippen LogP contribution is -2.52. The summed E-state index contributed by atoms with van der Waals surface area (Å²) >= 11 is 0. The normalized spacial score (nSPS) is 21.0. The quantitative estimate of drug-likeness (QED) is 0.829. The predicted octanol–water partition coefficient (Wildman–Crippen LogP) is 0.497. The number of carboxylic acid groups (broad SMARTS) is 1. The van der Waals surface area contributed by atoms with Gasteiger partial charge in [0.1, 0.15) is 0 Å². The molecule has 116 valence electrons. The van der Waals surface area contributed by atoms with E-state index in [0.717, 1.165) is 5.56 Å². The number of nitrogens with zero attached hydrogens (tertiary/aromatic N) is 1. The highest BCUT2D eigenvalue weighted by atomic mass is 16.5. The molecule has 1 atom stereocenters. The third kappa shape index (κ3) is 2.67. The minimum atomic E-state index is -1.07. The summed E-state index contributed by atoms with van der Waals surface area (Å²) in [6.45, 7) is 0.586. The number of fused-ring (bicyclic) bond motifs is 1. The first-order valence-electron chi connectivity index (χ1n) is 7.10. The van der Waals surface area contributed by atoms with Crippen LogP contribution in [0.2, 0.25) is 0 Å². The molecule has 7 nitrogen and oxygen atoms in total. The van der Waals surface area contributed by atoms with Gasteiger partial charge in [0, 0.05) is 24.2 Å². The second-order valence-corrected chi connectivity index (χ2v) is 5.35. The number of aryl methyl sites for hydroxylation is 1. The minimum Gasteiger partial charge on any atom is -0.480 e. The molecule has 2 aliphatic heterocycles. The van der Waals surface area contributed by atoms with Gasteiger partial charge in [0.05, 0.1) is 13.2 Å². The van der Waals surface area contributed by atoms with Gasteiger partial charge in [-0.2, -0.15) is 0 Å². The van der Waals surface area contributed by atoms with Crippen molar-refractivity contribution in [2.45, 2.75) is 18.9 Å². The fraction of sp³-hybridized carbons (Fsp3) is 0.400. The van der Waals surface area contributed by atoms with Crippen molar-refractivity contribution in [2.24, 2.45) is 0 Å². The molecule has 2 amide bonds. The number of amides is 2. The third-order valence-electron chi connectivity index (χ3n) is 3.92. The third-order valence-corrected chi connectivity index (χ3v) is 3.92. The van der Waals surface area contributed by atoms with Crippen LogP contribution >= 0.6 is 0 Å². The number of hydrogen-bond acceptors (Lipinski definition) is 4. The highest BCUT2D eigenvalue weighted by Crippen LogP contribution is 2.24. The summed E-state index contributed by atoms with van der Waals surface area (Å²) in [4.78, 5) is 36.5. The number of nitrogens with one attached hydrogen (secondary N) is 1. The number of ether oxygens (including phenoxy) is 1. The molecular weight excluding hydrogens is 288 g/mol. The zero-order valence-corrected chi connectivity index (χ0v) is 11.9. The van der Waals surface area contributed by atoms with E-state index in [-0.39, 0.29) is 25.0 Å². The summed E-state index contributed by atoms with van der Waals surface area (Å²) in [7, 11) is 0. The molecule has 2 aliphatic rings. The van der Waals surface area contributed by atoms with Gasteiger partial charge in [0.15, 0.2) is 6.04 Å². The minimum absolute atomic E-state index is 0.00205. The summed E-state index contributed by atoms with van der Waals surface area (Å²) in [5.74, 6) is -1.43. The van der Waals surface area contributed by atoms with Crippen LogP contribution in [0.5, 0.6) is 0 Å². The van der Waals surface area contributed by atoms with Crippen molar-refractivity contribution in [3.63, 3.8) is 0 Å². The number of hydrogen-bond donors (Lipinski definition) is 2. The van der Waals surface area contributed by atoms with Crippen molar-refractivity contribution in [2.75, 3.05) is 25.1 Å². The molecule has 1 unspecified atom stereocenters. The average molecular weight is 304 g/mol. The van der Waals surface area contributed by atoms with E-state index in [1.165, 1.54) is 4.90 Å². The average Bonchev–Trinajstić information content (AvgIpc) is 2.53. The Bertz CT molecular complexity index is 643. The molecule has 2 heterocycles. The number of carbonyl (C=O) groups is 3. The van der Waals surface area contributed by atoms with Crippen molar-refractivity contribution in [3.05, 3.63) is 29.3 Å². The van der Waals surface area contributed by atoms with Crippen molar-refractivity contribution in [1.29, 1.82) is 0 Å². The molecule has 0 aromatic heterocycles. The second-order valence-electron chi connectivity index (χ2n) is 5.35. The number of carboxylic acids is 1. The Labute approximate surface area is 126 Å². The van der Waals surface area contributed by atoms with Crippen LogP contribution in [0, 0.1) is 0 Å². The first-order valence-corrected chi connectivity index (χ1v) is 7.10. The number of carbonyl (C=O) groups excluding carboxylic acids is 2. The number of morpholine rings is 1. The Hall–Kier alpha value is -2.41. The Morgan fingerprint density at radius 3 is 2.91 bits per heavy atom.